The molecule has 8 heterocycles. The zero-order chi connectivity index (χ0) is 49.8. The Morgan fingerprint density at radius 1 is 0.387 bits per heavy atom. The summed E-state index contributed by atoms with van der Waals surface area (Å²) in [5.74, 6) is 3.50. The van der Waals surface area contributed by atoms with Crippen LogP contribution in [0.4, 0.5) is 0 Å². The molecule has 354 valence electrons. The summed E-state index contributed by atoms with van der Waals surface area (Å²) in [4.78, 5) is 42.6. The SMILES string of the molecule is Cc1ccncc1-c1nc(-c2ccc(-n3c4ccccc4c4cc(-c5ccc6c(c5)c5ccccc5n6-c5ccc(-c6nc(C7=CC=CNC7)nc(-c7cccnc7)n6)cc5)ccc43)cc2)nc(-c2cccnc2)n1. The van der Waals surface area contributed by atoms with E-state index >= 15 is 0 Å². The van der Waals surface area contributed by atoms with E-state index in [1.54, 1.807) is 37.2 Å². The Labute approximate surface area is 430 Å². The van der Waals surface area contributed by atoms with Crippen LogP contribution in [0, 0.1) is 6.92 Å². The van der Waals surface area contributed by atoms with E-state index in [-0.39, 0.29) is 0 Å². The van der Waals surface area contributed by atoms with Crippen molar-refractivity contribution >= 4 is 49.2 Å². The fourth-order valence-corrected chi connectivity index (χ4v) is 10.2. The van der Waals surface area contributed by atoms with Crippen molar-refractivity contribution in [3.8, 4) is 79.4 Å². The monoisotopic (exact) mass is 966 g/mol. The minimum absolute atomic E-state index is 0.552. The summed E-state index contributed by atoms with van der Waals surface area (Å²) in [5.41, 5.74) is 15.1. The van der Waals surface area contributed by atoms with Gasteiger partial charge in [-0.1, -0.05) is 54.6 Å². The molecule has 14 rings (SSSR count). The van der Waals surface area contributed by atoms with Gasteiger partial charge in [0.05, 0.1) is 22.1 Å². The molecule has 1 aliphatic rings. The van der Waals surface area contributed by atoms with Gasteiger partial charge in [-0.05, 0) is 151 Å². The van der Waals surface area contributed by atoms with Crippen LogP contribution in [-0.4, -0.2) is 60.5 Å². The van der Waals surface area contributed by atoms with Gasteiger partial charge in [0, 0.05) is 110 Å². The van der Waals surface area contributed by atoms with E-state index in [4.69, 9.17) is 29.9 Å². The Kier molecular flexibility index (Phi) is 10.5. The third-order valence-electron chi connectivity index (χ3n) is 13.9. The van der Waals surface area contributed by atoms with Crippen molar-refractivity contribution in [2.75, 3.05) is 6.54 Å². The number of rotatable bonds is 9. The Hall–Kier alpha value is -10.3. The van der Waals surface area contributed by atoms with Crippen LogP contribution in [0.3, 0.4) is 0 Å². The summed E-state index contributed by atoms with van der Waals surface area (Å²) in [6.07, 6.45) is 16.6. The van der Waals surface area contributed by atoms with Crippen molar-refractivity contribution in [1.29, 1.82) is 0 Å². The fraction of sp³-hybridized carbons (Fsp3) is 0.0317. The van der Waals surface area contributed by atoms with Crippen LogP contribution in [0.15, 0.2) is 219 Å². The molecule has 12 nitrogen and oxygen atoms in total. The second-order valence-electron chi connectivity index (χ2n) is 18.5. The number of nitrogens with one attached hydrogen (secondary N) is 1. The molecule has 0 saturated heterocycles. The van der Waals surface area contributed by atoms with Gasteiger partial charge in [-0.25, -0.2) is 29.9 Å². The quantitative estimate of drug-likeness (QED) is 0.149. The average Bonchev–Trinajstić information content (AvgIpc) is 4.00. The molecule has 13 aromatic rings. The Balaban J connectivity index is 0.813. The highest BCUT2D eigenvalue weighted by Crippen LogP contribution is 2.39. The molecule has 0 saturated carbocycles. The third-order valence-corrected chi connectivity index (χ3v) is 13.9. The first kappa shape index (κ1) is 43.5. The highest BCUT2D eigenvalue weighted by atomic mass is 15.1. The summed E-state index contributed by atoms with van der Waals surface area (Å²) < 4.78 is 4.67. The number of fused-ring (bicyclic) bond motifs is 6. The van der Waals surface area contributed by atoms with E-state index in [0.29, 0.717) is 41.5 Å². The summed E-state index contributed by atoms with van der Waals surface area (Å²) in [6.45, 7) is 2.67. The second kappa shape index (κ2) is 18.1. The summed E-state index contributed by atoms with van der Waals surface area (Å²) >= 11 is 0. The lowest BCUT2D eigenvalue weighted by molar-refractivity contribution is 0.948. The second-order valence-corrected chi connectivity index (χ2v) is 18.5. The Morgan fingerprint density at radius 3 is 1.35 bits per heavy atom. The number of nitrogens with zero attached hydrogens (tertiary/aromatic N) is 11. The number of dihydropyridines is 1. The maximum atomic E-state index is 4.98. The van der Waals surface area contributed by atoms with Gasteiger partial charge in [0.15, 0.2) is 34.9 Å². The zero-order valence-corrected chi connectivity index (χ0v) is 40.4. The van der Waals surface area contributed by atoms with E-state index in [2.05, 4.69) is 163 Å². The van der Waals surface area contributed by atoms with Crippen molar-refractivity contribution in [1.82, 2.24) is 59.3 Å². The van der Waals surface area contributed by atoms with Crippen LogP contribution >= 0.6 is 0 Å². The van der Waals surface area contributed by atoms with Crippen molar-refractivity contribution < 1.29 is 0 Å². The van der Waals surface area contributed by atoms with Crippen molar-refractivity contribution in [2.45, 2.75) is 6.92 Å². The van der Waals surface area contributed by atoms with Crippen LogP contribution in [-0.2, 0) is 0 Å². The topological polar surface area (TPSA) is 138 Å². The largest absolute Gasteiger partial charge is 0.387 e. The predicted octanol–water partition coefficient (Wildman–Crippen LogP) is 13.2. The lowest BCUT2D eigenvalue weighted by atomic mass is 10.0. The number of benzene rings is 6. The molecule has 0 radical (unpaired) electrons. The van der Waals surface area contributed by atoms with Crippen molar-refractivity contribution in [2.24, 2.45) is 0 Å². The standard InChI is InChI=1S/C63H42N12/c1-39-28-32-67-38-53(39)63-72-59(70-62(73-63)46-11-8-31-66-37-46)41-18-24-48(25-19-41)75-55-15-5-3-13-50(55)52-34-43(21-27-57(52)75)42-20-26-56-51(33-42)49-12-2-4-14-54(49)74(56)47-22-16-40(17-23-47)58-68-60(44-9-6-29-64-35-44)71-61(69-58)45-10-7-30-65-36-45/h2-35,37-38,65H,36H2,1H3. The molecule has 7 aromatic heterocycles. The number of para-hydroxylation sites is 2. The number of allylic oxidation sites excluding steroid dienone is 2. The molecule has 0 bridgehead atoms. The normalized spacial score (nSPS) is 12.4. The smallest absolute Gasteiger partial charge is 0.165 e. The molecule has 0 atom stereocenters. The van der Waals surface area contributed by atoms with Crippen LogP contribution < -0.4 is 5.32 Å². The van der Waals surface area contributed by atoms with Gasteiger partial charge in [-0.15, -0.1) is 0 Å². The lowest BCUT2D eigenvalue weighted by Gasteiger charge is -2.13. The molecule has 0 spiro atoms. The van der Waals surface area contributed by atoms with Gasteiger partial charge in [-0.2, -0.15) is 0 Å². The minimum atomic E-state index is 0.552. The van der Waals surface area contributed by atoms with E-state index in [9.17, 15) is 0 Å². The van der Waals surface area contributed by atoms with E-state index in [0.717, 1.165) is 83.5 Å². The number of aromatic nitrogens is 11. The molecule has 1 N–H and O–H groups in total. The summed E-state index contributed by atoms with van der Waals surface area (Å²) in [5, 5.41) is 7.99. The van der Waals surface area contributed by atoms with Gasteiger partial charge < -0.3 is 14.5 Å². The maximum Gasteiger partial charge on any atom is 0.165 e. The number of hydrogen-bond donors (Lipinski definition) is 1. The van der Waals surface area contributed by atoms with Crippen LogP contribution in [0.5, 0.6) is 0 Å². The van der Waals surface area contributed by atoms with Crippen LogP contribution in [0.1, 0.15) is 11.4 Å². The first-order valence-electron chi connectivity index (χ1n) is 24.7. The molecular weight excluding hydrogens is 925 g/mol. The van der Waals surface area contributed by atoms with E-state index < -0.39 is 0 Å². The van der Waals surface area contributed by atoms with Gasteiger partial charge >= 0.3 is 0 Å². The van der Waals surface area contributed by atoms with Gasteiger partial charge in [0.2, 0.25) is 0 Å². The van der Waals surface area contributed by atoms with Gasteiger partial charge in [0.1, 0.15) is 0 Å². The van der Waals surface area contributed by atoms with E-state index in [1.165, 1.54) is 21.5 Å². The minimum Gasteiger partial charge on any atom is -0.387 e. The third kappa shape index (κ3) is 7.76. The first-order chi connectivity index (χ1) is 37.1. The van der Waals surface area contributed by atoms with Gasteiger partial charge in [0.25, 0.3) is 0 Å². The highest BCUT2D eigenvalue weighted by molar-refractivity contribution is 6.12. The van der Waals surface area contributed by atoms with Crippen molar-refractivity contribution in [3.63, 3.8) is 0 Å². The molecule has 0 fully saturated rings. The van der Waals surface area contributed by atoms with Crippen LogP contribution in [0.2, 0.25) is 0 Å². The maximum absolute atomic E-state index is 4.98. The fourth-order valence-electron chi connectivity index (χ4n) is 10.2. The number of hydrogen-bond acceptors (Lipinski definition) is 10. The summed E-state index contributed by atoms with van der Waals surface area (Å²) in [7, 11) is 0. The Morgan fingerprint density at radius 2 is 0.853 bits per heavy atom. The molecule has 0 unspecified atom stereocenters. The summed E-state index contributed by atoms with van der Waals surface area (Å²) in [6, 6.07) is 57.5. The predicted molar refractivity (Wildman–Crippen MR) is 298 cm³/mol. The number of pyridine rings is 3. The zero-order valence-electron chi connectivity index (χ0n) is 40.4. The molecule has 0 aliphatic carbocycles. The average molecular weight is 967 g/mol. The molecule has 6 aromatic carbocycles. The first-order valence-corrected chi connectivity index (χ1v) is 24.7. The highest BCUT2D eigenvalue weighted by Gasteiger charge is 2.20. The number of aryl methyl sites for hydroxylation is 1. The molecule has 0 amide bonds. The van der Waals surface area contributed by atoms with Crippen LogP contribution in [0.25, 0.3) is 129 Å². The molecule has 1 aliphatic heterocycles. The Bertz CT molecular complexity index is 4410. The molecule has 12 heteroatoms. The van der Waals surface area contributed by atoms with Crippen molar-refractivity contribution in [3.05, 3.63) is 231 Å². The van der Waals surface area contributed by atoms with Gasteiger partial charge in [-0.3, -0.25) is 15.0 Å². The molecular formula is C63H42N12. The van der Waals surface area contributed by atoms with E-state index in [1.807, 2.05) is 55.6 Å². The lowest BCUT2D eigenvalue weighted by Crippen LogP contribution is -2.14. The molecule has 75 heavy (non-hydrogen) atoms.